The van der Waals surface area contributed by atoms with Crippen LogP contribution in [-0.4, -0.2) is 0 Å². The largest absolute Gasteiger partial charge is 0.0651 e. The van der Waals surface area contributed by atoms with Gasteiger partial charge in [-0.05, 0) is 48.3 Å². The van der Waals surface area contributed by atoms with Crippen LogP contribution >= 0.6 is 0 Å². The zero-order chi connectivity index (χ0) is 12.3. The zero-order valence-corrected chi connectivity index (χ0v) is 12.3. The number of hydrogen-bond donors (Lipinski definition) is 0. The summed E-state index contributed by atoms with van der Waals surface area (Å²) in [5.41, 5.74) is 0.692. The van der Waals surface area contributed by atoms with Crippen molar-refractivity contribution < 1.29 is 0 Å². The molecule has 1 rings (SSSR count). The minimum absolute atomic E-state index is 0.692. The van der Waals surface area contributed by atoms with Crippen LogP contribution in [0.1, 0.15) is 73.6 Å². The van der Waals surface area contributed by atoms with Gasteiger partial charge in [0.25, 0.3) is 0 Å². The Morgan fingerprint density at radius 3 is 1.88 bits per heavy atom. The molecule has 0 aromatic heterocycles. The van der Waals surface area contributed by atoms with Gasteiger partial charge in [0.1, 0.15) is 0 Å². The second-order valence-electron chi connectivity index (χ2n) is 6.77. The monoisotopic (exact) mass is 224 g/mol. The van der Waals surface area contributed by atoms with Crippen molar-refractivity contribution in [3.8, 4) is 0 Å². The Bertz CT molecular complexity index is 200. The molecule has 0 bridgehead atoms. The molecule has 0 aromatic carbocycles. The van der Waals surface area contributed by atoms with Crippen LogP contribution in [0.5, 0.6) is 0 Å². The first kappa shape index (κ1) is 14.1. The molecule has 0 saturated heterocycles. The zero-order valence-electron chi connectivity index (χ0n) is 12.3. The molecule has 0 radical (unpaired) electrons. The van der Waals surface area contributed by atoms with E-state index < -0.39 is 0 Å². The van der Waals surface area contributed by atoms with E-state index in [4.69, 9.17) is 0 Å². The van der Waals surface area contributed by atoms with Crippen LogP contribution in [0.25, 0.3) is 0 Å². The summed E-state index contributed by atoms with van der Waals surface area (Å²) >= 11 is 0. The third kappa shape index (κ3) is 2.63. The van der Waals surface area contributed by atoms with Crippen molar-refractivity contribution in [2.24, 2.45) is 29.1 Å². The summed E-state index contributed by atoms with van der Waals surface area (Å²) in [6.07, 6.45) is 7.24. The van der Waals surface area contributed by atoms with E-state index in [0.717, 1.165) is 23.7 Å². The maximum Gasteiger partial charge on any atom is -0.0244 e. The summed E-state index contributed by atoms with van der Waals surface area (Å²) in [5, 5.41) is 0. The van der Waals surface area contributed by atoms with Crippen LogP contribution in [0.4, 0.5) is 0 Å². The standard InChI is InChI=1S/C16H32/c1-7-13(4)11-14(5)16(9-8-10-16)15(6)12(2)3/h12-15H,7-11H2,1-6H3. The number of rotatable bonds is 6. The fourth-order valence-corrected chi connectivity index (χ4v) is 3.65. The van der Waals surface area contributed by atoms with Gasteiger partial charge in [0.15, 0.2) is 0 Å². The molecular formula is C16H32. The average Bonchev–Trinajstić information content (AvgIpc) is 2.15. The van der Waals surface area contributed by atoms with E-state index in [1.54, 1.807) is 0 Å². The van der Waals surface area contributed by atoms with E-state index in [0.29, 0.717) is 5.41 Å². The predicted molar refractivity (Wildman–Crippen MR) is 73.5 cm³/mol. The summed E-state index contributed by atoms with van der Waals surface area (Å²) in [6.45, 7) is 14.6. The topological polar surface area (TPSA) is 0 Å². The molecule has 96 valence electrons. The summed E-state index contributed by atoms with van der Waals surface area (Å²) in [4.78, 5) is 0. The minimum Gasteiger partial charge on any atom is -0.0651 e. The second-order valence-corrected chi connectivity index (χ2v) is 6.77. The van der Waals surface area contributed by atoms with Crippen LogP contribution in [-0.2, 0) is 0 Å². The molecule has 0 aromatic rings. The lowest BCUT2D eigenvalue weighted by molar-refractivity contribution is -0.0321. The predicted octanol–water partition coefficient (Wildman–Crippen LogP) is 5.52. The molecule has 1 fully saturated rings. The maximum absolute atomic E-state index is 2.52. The van der Waals surface area contributed by atoms with Crippen molar-refractivity contribution in [2.75, 3.05) is 0 Å². The normalized spacial score (nSPS) is 24.9. The van der Waals surface area contributed by atoms with Gasteiger partial charge in [-0.1, -0.05) is 54.4 Å². The highest BCUT2D eigenvalue weighted by Crippen LogP contribution is 2.56. The van der Waals surface area contributed by atoms with Gasteiger partial charge in [-0.2, -0.15) is 0 Å². The Hall–Kier alpha value is 0. The molecule has 1 aliphatic rings. The van der Waals surface area contributed by atoms with Gasteiger partial charge in [0.2, 0.25) is 0 Å². The Labute approximate surface area is 103 Å². The van der Waals surface area contributed by atoms with E-state index in [1.165, 1.54) is 32.1 Å². The highest BCUT2D eigenvalue weighted by molar-refractivity contribution is 4.96. The third-order valence-corrected chi connectivity index (χ3v) is 5.63. The van der Waals surface area contributed by atoms with Gasteiger partial charge in [0, 0.05) is 0 Å². The first-order chi connectivity index (χ1) is 7.44. The molecule has 0 spiro atoms. The van der Waals surface area contributed by atoms with Gasteiger partial charge in [-0.25, -0.2) is 0 Å². The first-order valence-electron chi connectivity index (χ1n) is 7.44. The SMILES string of the molecule is CCC(C)CC(C)C1(C(C)C(C)C)CCC1. The van der Waals surface area contributed by atoms with Crippen LogP contribution < -0.4 is 0 Å². The van der Waals surface area contributed by atoms with Crippen molar-refractivity contribution in [2.45, 2.75) is 73.6 Å². The molecule has 0 heterocycles. The molecule has 3 unspecified atom stereocenters. The fraction of sp³-hybridized carbons (Fsp3) is 1.00. The molecule has 1 aliphatic carbocycles. The summed E-state index contributed by atoms with van der Waals surface area (Å²) < 4.78 is 0. The summed E-state index contributed by atoms with van der Waals surface area (Å²) in [6, 6.07) is 0. The second kappa shape index (κ2) is 5.56. The lowest BCUT2D eigenvalue weighted by Crippen LogP contribution is -2.44. The smallest absolute Gasteiger partial charge is 0.0244 e. The Kier molecular flexibility index (Phi) is 4.88. The fourth-order valence-electron chi connectivity index (χ4n) is 3.65. The van der Waals surface area contributed by atoms with Gasteiger partial charge < -0.3 is 0 Å². The third-order valence-electron chi connectivity index (χ3n) is 5.63. The maximum atomic E-state index is 2.52. The molecule has 1 saturated carbocycles. The summed E-state index contributed by atoms with van der Waals surface area (Å²) in [7, 11) is 0. The molecule has 3 atom stereocenters. The van der Waals surface area contributed by atoms with Gasteiger partial charge in [-0.3, -0.25) is 0 Å². The lowest BCUT2D eigenvalue weighted by Gasteiger charge is -2.53. The van der Waals surface area contributed by atoms with Gasteiger partial charge in [-0.15, -0.1) is 0 Å². The Morgan fingerprint density at radius 1 is 1.00 bits per heavy atom. The summed E-state index contributed by atoms with van der Waals surface area (Å²) in [5.74, 6) is 3.58. The molecule has 0 nitrogen and oxygen atoms in total. The quantitative estimate of drug-likeness (QED) is 0.557. The van der Waals surface area contributed by atoms with Crippen molar-refractivity contribution in [3.05, 3.63) is 0 Å². The van der Waals surface area contributed by atoms with E-state index in [9.17, 15) is 0 Å². The van der Waals surface area contributed by atoms with Crippen LogP contribution in [0.15, 0.2) is 0 Å². The van der Waals surface area contributed by atoms with Crippen molar-refractivity contribution in [1.82, 2.24) is 0 Å². The number of hydrogen-bond acceptors (Lipinski definition) is 0. The highest BCUT2D eigenvalue weighted by Gasteiger charge is 2.46. The lowest BCUT2D eigenvalue weighted by atomic mass is 9.52. The van der Waals surface area contributed by atoms with Crippen molar-refractivity contribution >= 4 is 0 Å². The van der Waals surface area contributed by atoms with E-state index in [1.807, 2.05) is 0 Å². The Balaban J connectivity index is 2.65. The van der Waals surface area contributed by atoms with Crippen LogP contribution in [0.3, 0.4) is 0 Å². The molecule has 0 N–H and O–H groups in total. The van der Waals surface area contributed by atoms with E-state index >= 15 is 0 Å². The Morgan fingerprint density at radius 2 is 1.56 bits per heavy atom. The van der Waals surface area contributed by atoms with Gasteiger partial charge in [0.05, 0.1) is 0 Å². The molecule has 16 heavy (non-hydrogen) atoms. The van der Waals surface area contributed by atoms with Crippen LogP contribution in [0, 0.1) is 29.1 Å². The molecule has 0 heteroatoms. The first-order valence-corrected chi connectivity index (χ1v) is 7.44. The van der Waals surface area contributed by atoms with Gasteiger partial charge >= 0.3 is 0 Å². The average molecular weight is 224 g/mol. The molecular weight excluding hydrogens is 192 g/mol. The van der Waals surface area contributed by atoms with E-state index in [-0.39, 0.29) is 0 Å². The van der Waals surface area contributed by atoms with E-state index in [2.05, 4.69) is 41.5 Å². The highest BCUT2D eigenvalue weighted by atomic mass is 14.5. The molecule has 0 amide bonds. The van der Waals surface area contributed by atoms with Crippen molar-refractivity contribution in [3.63, 3.8) is 0 Å². The van der Waals surface area contributed by atoms with Crippen LogP contribution in [0.2, 0.25) is 0 Å². The molecule has 0 aliphatic heterocycles. The van der Waals surface area contributed by atoms with Crippen molar-refractivity contribution in [1.29, 1.82) is 0 Å². The minimum atomic E-state index is 0.692.